The first-order valence-corrected chi connectivity index (χ1v) is 6.97. The van der Waals surface area contributed by atoms with Gasteiger partial charge in [-0.3, -0.25) is 14.5 Å². The standard InChI is InChI=1S/C17H16N2O2/c20-16-14-8-4-5-9-15(14)17(21)19(16)11-10-18-12-13-6-2-1-3-7-13/h1-9,18H,10-12H2. The molecule has 2 amide bonds. The summed E-state index contributed by atoms with van der Waals surface area (Å²) in [5.74, 6) is -0.394. The molecule has 106 valence electrons. The van der Waals surface area contributed by atoms with Crippen LogP contribution >= 0.6 is 0 Å². The average molecular weight is 280 g/mol. The van der Waals surface area contributed by atoms with Crippen LogP contribution in [0.4, 0.5) is 0 Å². The van der Waals surface area contributed by atoms with Crippen LogP contribution in [0.2, 0.25) is 0 Å². The van der Waals surface area contributed by atoms with Crippen LogP contribution in [-0.4, -0.2) is 29.8 Å². The van der Waals surface area contributed by atoms with Crippen molar-refractivity contribution < 1.29 is 9.59 Å². The first-order valence-electron chi connectivity index (χ1n) is 6.97. The fraction of sp³-hybridized carbons (Fsp3) is 0.176. The van der Waals surface area contributed by atoms with Gasteiger partial charge in [0.15, 0.2) is 0 Å². The Morgan fingerprint density at radius 2 is 1.38 bits per heavy atom. The van der Waals surface area contributed by atoms with E-state index in [1.54, 1.807) is 24.3 Å². The lowest BCUT2D eigenvalue weighted by atomic mass is 10.1. The average Bonchev–Trinajstić information content (AvgIpc) is 2.77. The lowest BCUT2D eigenvalue weighted by Crippen LogP contribution is -2.36. The van der Waals surface area contributed by atoms with Gasteiger partial charge >= 0.3 is 0 Å². The molecule has 0 aliphatic carbocycles. The third-order valence-electron chi connectivity index (χ3n) is 3.56. The molecule has 0 bridgehead atoms. The van der Waals surface area contributed by atoms with Crippen molar-refractivity contribution in [3.63, 3.8) is 0 Å². The summed E-state index contributed by atoms with van der Waals surface area (Å²) in [6.07, 6.45) is 0. The van der Waals surface area contributed by atoms with E-state index in [0.717, 1.165) is 6.54 Å². The zero-order chi connectivity index (χ0) is 14.7. The van der Waals surface area contributed by atoms with Gasteiger partial charge in [0.25, 0.3) is 11.8 Å². The molecule has 0 saturated heterocycles. The molecule has 2 aromatic rings. The monoisotopic (exact) mass is 280 g/mol. The van der Waals surface area contributed by atoms with Gasteiger partial charge in [-0.1, -0.05) is 42.5 Å². The molecule has 0 atom stereocenters. The van der Waals surface area contributed by atoms with Crippen LogP contribution in [0.3, 0.4) is 0 Å². The molecular formula is C17H16N2O2. The normalized spacial score (nSPS) is 13.6. The van der Waals surface area contributed by atoms with Crippen LogP contribution in [-0.2, 0) is 6.54 Å². The summed E-state index contributed by atoms with van der Waals surface area (Å²) < 4.78 is 0. The molecule has 4 heteroatoms. The molecule has 4 nitrogen and oxygen atoms in total. The summed E-state index contributed by atoms with van der Waals surface area (Å²) in [6, 6.07) is 17.0. The number of hydrogen-bond acceptors (Lipinski definition) is 3. The molecule has 1 N–H and O–H groups in total. The molecule has 0 aromatic heterocycles. The summed E-state index contributed by atoms with van der Waals surface area (Å²) in [4.78, 5) is 25.6. The highest BCUT2D eigenvalue weighted by Gasteiger charge is 2.34. The number of hydrogen-bond donors (Lipinski definition) is 1. The van der Waals surface area contributed by atoms with E-state index >= 15 is 0 Å². The first-order chi connectivity index (χ1) is 10.3. The zero-order valence-electron chi connectivity index (χ0n) is 11.6. The van der Waals surface area contributed by atoms with Crippen molar-refractivity contribution >= 4 is 11.8 Å². The van der Waals surface area contributed by atoms with Crippen molar-refractivity contribution in [3.8, 4) is 0 Å². The van der Waals surface area contributed by atoms with Crippen LogP contribution in [0.15, 0.2) is 54.6 Å². The lowest BCUT2D eigenvalue weighted by Gasteiger charge is -2.14. The Hall–Kier alpha value is -2.46. The maximum Gasteiger partial charge on any atom is 0.261 e. The van der Waals surface area contributed by atoms with Crippen molar-refractivity contribution in [2.75, 3.05) is 13.1 Å². The van der Waals surface area contributed by atoms with Crippen LogP contribution in [0.25, 0.3) is 0 Å². The Labute approximate surface area is 123 Å². The molecule has 3 rings (SSSR count). The van der Waals surface area contributed by atoms with Gasteiger partial charge in [0.2, 0.25) is 0 Å². The van der Waals surface area contributed by atoms with Crippen molar-refractivity contribution in [1.82, 2.24) is 10.2 Å². The van der Waals surface area contributed by atoms with E-state index in [1.165, 1.54) is 10.5 Å². The minimum absolute atomic E-state index is 0.197. The molecule has 1 aliphatic rings. The molecule has 1 aliphatic heterocycles. The van der Waals surface area contributed by atoms with Gasteiger partial charge in [0, 0.05) is 19.6 Å². The number of rotatable bonds is 5. The van der Waals surface area contributed by atoms with E-state index in [9.17, 15) is 9.59 Å². The number of nitrogens with one attached hydrogen (secondary N) is 1. The Balaban J connectivity index is 1.55. The van der Waals surface area contributed by atoms with Crippen molar-refractivity contribution in [1.29, 1.82) is 0 Å². The Kier molecular flexibility index (Phi) is 3.79. The molecule has 0 radical (unpaired) electrons. The molecule has 0 spiro atoms. The van der Waals surface area contributed by atoms with Crippen molar-refractivity contribution in [2.24, 2.45) is 0 Å². The number of nitrogens with zero attached hydrogens (tertiary/aromatic N) is 1. The van der Waals surface area contributed by atoms with Gasteiger partial charge in [0.05, 0.1) is 11.1 Å². The van der Waals surface area contributed by atoms with Crippen molar-refractivity contribution in [3.05, 3.63) is 71.3 Å². The predicted molar refractivity (Wildman–Crippen MR) is 80.0 cm³/mol. The van der Waals surface area contributed by atoms with Crippen molar-refractivity contribution in [2.45, 2.75) is 6.54 Å². The Bertz CT molecular complexity index is 633. The molecule has 1 heterocycles. The number of amides is 2. The van der Waals surface area contributed by atoms with E-state index in [1.807, 2.05) is 30.3 Å². The Morgan fingerprint density at radius 3 is 2.00 bits per heavy atom. The summed E-state index contributed by atoms with van der Waals surface area (Å²) in [6.45, 7) is 1.70. The van der Waals surface area contributed by atoms with Gasteiger partial charge in [-0.05, 0) is 17.7 Å². The second-order valence-electron chi connectivity index (χ2n) is 4.97. The summed E-state index contributed by atoms with van der Waals surface area (Å²) in [5.41, 5.74) is 2.19. The number of fused-ring (bicyclic) bond motifs is 1. The minimum atomic E-state index is -0.197. The smallest absolute Gasteiger partial charge is 0.261 e. The highest BCUT2D eigenvalue weighted by Crippen LogP contribution is 2.21. The highest BCUT2D eigenvalue weighted by atomic mass is 16.2. The lowest BCUT2D eigenvalue weighted by molar-refractivity contribution is 0.0655. The van der Waals surface area contributed by atoms with E-state index in [4.69, 9.17) is 0 Å². The number of imide groups is 1. The fourth-order valence-electron chi connectivity index (χ4n) is 2.46. The van der Waals surface area contributed by atoms with E-state index in [2.05, 4.69) is 5.32 Å². The molecule has 0 saturated carbocycles. The number of carbonyl (C=O) groups excluding carboxylic acids is 2. The second-order valence-corrected chi connectivity index (χ2v) is 4.97. The molecular weight excluding hydrogens is 264 g/mol. The third-order valence-corrected chi connectivity index (χ3v) is 3.56. The third kappa shape index (κ3) is 2.71. The van der Waals surface area contributed by atoms with Crippen LogP contribution in [0.1, 0.15) is 26.3 Å². The van der Waals surface area contributed by atoms with Gasteiger partial charge in [0.1, 0.15) is 0 Å². The van der Waals surface area contributed by atoms with Gasteiger partial charge < -0.3 is 5.32 Å². The summed E-state index contributed by atoms with van der Waals surface area (Å²) in [5, 5.41) is 3.25. The van der Waals surface area contributed by atoms with E-state index < -0.39 is 0 Å². The molecule has 0 fully saturated rings. The van der Waals surface area contributed by atoms with E-state index in [0.29, 0.717) is 24.2 Å². The van der Waals surface area contributed by atoms with Gasteiger partial charge in [-0.15, -0.1) is 0 Å². The number of benzene rings is 2. The quantitative estimate of drug-likeness (QED) is 0.674. The molecule has 2 aromatic carbocycles. The summed E-state index contributed by atoms with van der Waals surface area (Å²) in [7, 11) is 0. The van der Waals surface area contributed by atoms with Gasteiger partial charge in [-0.2, -0.15) is 0 Å². The maximum absolute atomic E-state index is 12.1. The summed E-state index contributed by atoms with van der Waals surface area (Å²) >= 11 is 0. The Morgan fingerprint density at radius 1 is 0.810 bits per heavy atom. The van der Waals surface area contributed by atoms with Crippen LogP contribution in [0, 0.1) is 0 Å². The first kappa shape index (κ1) is 13.5. The SMILES string of the molecule is O=C1c2ccccc2C(=O)N1CCNCc1ccccc1. The van der Waals surface area contributed by atoms with Crippen LogP contribution < -0.4 is 5.32 Å². The topological polar surface area (TPSA) is 49.4 Å². The van der Waals surface area contributed by atoms with Crippen LogP contribution in [0.5, 0.6) is 0 Å². The fourth-order valence-corrected chi connectivity index (χ4v) is 2.46. The van der Waals surface area contributed by atoms with Gasteiger partial charge in [-0.25, -0.2) is 0 Å². The maximum atomic E-state index is 12.1. The predicted octanol–water partition coefficient (Wildman–Crippen LogP) is 2.07. The van der Waals surface area contributed by atoms with E-state index in [-0.39, 0.29) is 11.8 Å². The highest BCUT2D eigenvalue weighted by molar-refractivity contribution is 6.21. The second kappa shape index (κ2) is 5.89. The number of carbonyl (C=O) groups is 2. The zero-order valence-corrected chi connectivity index (χ0v) is 11.6. The molecule has 21 heavy (non-hydrogen) atoms. The molecule has 0 unspecified atom stereocenters. The minimum Gasteiger partial charge on any atom is -0.311 e. The largest absolute Gasteiger partial charge is 0.311 e.